The fourth-order valence-electron chi connectivity index (χ4n) is 4.48. The van der Waals surface area contributed by atoms with E-state index in [-0.39, 0.29) is 48.5 Å². The van der Waals surface area contributed by atoms with Crippen LogP contribution in [0.15, 0.2) is 36.5 Å². The van der Waals surface area contributed by atoms with Crippen molar-refractivity contribution < 1.29 is 18.8 Å². The molecule has 4 amide bonds. The number of carbonyl (C=O) groups excluding carboxylic acids is 3. The van der Waals surface area contributed by atoms with Gasteiger partial charge in [-0.05, 0) is 44.5 Å². The monoisotopic (exact) mass is 507 g/mol. The van der Waals surface area contributed by atoms with Crippen LogP contribution < -0.4 is 10.2 Å². The van der Waals surface area contributed by atoms with E-state index in [2.05, 4.69) is 10.3 Å². The number of likely N-dealkylation sites (tertiary alicyclic amines) is 1. The average molecular weight is 508 g/mol. The third-order valence-electron chi connectivity index (χ3n) is 6.05. The van der Waals surface area contributed by atoms with Gasteiger partial charge in [0.15, 0.2) is 17.2 Å². The zero-order chi connectivity index (χ0) is 24.8. The number of hydrogen-bond acceptors (Lipinski definition) is 4. The number of rotatable bonds is 4. The minimum absolute atomic E-state index is 0.0280. The molecular weight excluding hydrogens is 484 g/mol. The molecule has 2 aliphatic rings. The van der Waals surface area contributed by atoms with E-state index >= 15 is 0 Å². The van der Waals surface area contributed by atoms with Gasteiger partial charge in [-0.2, -0.15) is 0 Å². The molecule has 2 aliphatic heterocycles. The van der Waals surface area contributed by atoms with Crippen LogP contribution in [-0.4, -0.2) is 63.8 Å². The summed E-state index contributed by atoms with van der Waals surface area (Å²) in [5.41, 5.74) is -0.588. The quantitative estimate of drug-likeness (QED) is 0.684. The van der Waals surface area contributed by atoms with Gasteiger partial charge in [-0.15, -0.1) is 0 Å². The van der Waals surface area contributed by atoms with Crippen molar-refractivity contribution in [3.05, 3.63) is 58.0 Å². The predicted molar refractivity (Wildman–Crippen MR) is 126 cm³/mol. The number of aromatic nitrogens is 1. The third kappa shape index (κ3) is 4.18. The lowest BCUT2D eigenvalue weighted by molar-refractivity contribution is -0.164. The van der Waals surface area contributed by atoms with E-state index in [1.807, 2.05) is 20.8 Å². The van der Waals surface area contributed by atoms with Crippen LogP contribution in [0, 0.1) is 5.82 Å². The molecule has 0 aliphatic carbocycles. The van der Waals surface area contributed by atoms with E-state index in [1.54, 1.807) is 24.3 Å². The highest BCUT2D eigenvalue weighted by Gasteiger charge is 2.62. The van der Waals surface area contributed by atoms with Crippen molar-refractivity contribution in [2.45, 2.75) is 38.4 Å². The van der Waals surface area contributed by atoms with Crippen LogP contribution in [0.25, 0.3) is 0 Å². The Balaban J connectivity index is 1.71. The van der Waals surface area contributed by atoms with Gasteiger partial charge in [-0.1, -0.05) is 35.3 Å². The smallest absolute Gasteiger partial charge is 0.317 e. The van der Waals surface area contributed by atoms with Crippen molar-refractivity contribution in [2.75, 3.05) is 24.5 Å². The fraction of sp³-hybridized carbons (Fsp3) is 0.391. The molecule has 1 aromatic carbocycles. The standard InChI is InChI=1S/C23H24Cl2FN5O3/c1-13(2)28-22(34)29-11-23(12-29)21(33)30(20-18(26)8-17(25)9-27-20)10-19(32)31(23)14(3)15-4-6-16(24)7-5-15/h4-9,13-14H,10-12H2,1-3H3,(H,28,34)/t14-/m0/s1. The summed E-state index contributed by atoms with van der Waals surface area (Å²) in [5, 5.41) is 3.41. The molecule has 0 unspecified atom stereocenters. The van der Waals surface area contributed by atoms with Gasteiger partial charge in [-0.25, -0.2) is 14.2 Å². The number of nitrogens with zero attached hydrogens (tertiary/aromatic N) is 4. The molecule has 0 saturated carbocycles. The fourth-order valence-corrected chi connectivity index (χ4v) is 4.76. The van der Waals surface area contributed by atoms with Crippen LogP contribution in [0.5, 0.6) is 0 Å². The number of benzene rings is 1. The lowest BCUT2D eigenvalue weighted by atomic mass is 9.82. The van der Waals surface area contributed by atoms with Crippen LogP contribution in [0.4, 0.5) is 15.0 Å². The second-order valence-corrected chi connectivity index (χ2v) is 9.71. The second kappa shape index (κ2) is 9.03. The zero-order valence-electron chi connectivity index (χ0n) is 18.9. The maximum absolute atomic E-state index is 14.7. The van der Waals surface area contributed by atoms with E-state index in [1.165, 1.54) is 16.0 Å². The molecule has 2 aromatic rings. The van der Waals surface area contributed by atoms with Crippen molar-refractivity contribution >= 4 is 46.9 Å². The summed E-state index contributed by atoms with van der Waals surface area (Å²) >= 11 is 11.8. The maximum Gasteiger partial charge on any atom is 0.317 e. The Morgan fingerprint density at radius 1 is 1.12 bits per heavy atom. The molecule has 1 atom stereocenters. The van der Waals surface area contributed by atoms with Crippen LogP contribution in [0.2, 0.25) is 10.0 Å². The van der Waals surface area contributed by atoms with Gasteiger partial charge in [-0.3, -0.25) is 14.5 Å². The Bertz CT molecular complexity index is 1140. The van der Waals surface area contributed by atoms with Crippen LogP contribution in [-0.2, 0) is 9.59 Å². The summed E-state index contributed by atoms with van der Waals surface area (Å²) in [6, 6.07) is 7.10. The van der Waals surface area contributed by atoms with Gasteiger partial charge < -0.3 is 15.1 Å². The summed E-state index contributed by atoms with van der Waals surface area (Å²) in [7, 11) is 0. The van der Waals surface area contributed by atoms with Gasteiger partial charge in [0.05, 0.1) is 24.2 Å². The van der Waals surface area contributed by atoms with Gasteiger partial charge >= 0.3 is 6.03 Å². The number of anilines is 1. The van der Waals surface area contributed by atoms with E-state index < -0.39 is 23.3 Å². The molecule has 0 bridgehead atoms. The first-order chi connectivity index (χ1) is 16.0. The number of amides is 4. The molecule has 1 aromatic heterocycles. The number of carbonyl (C=O) groups is 3. The number of hydrogen-bond donors (Lipinski definition) is 1. The number of pyridine rings is 1. The molecule has 2 fully saturated rings. The molecule has 0 radical (unpaired) electrons. The Labute approximate surface area is 206 Å². The largest absolute Gasteiger partial charge is 0.336 e. The summed E-state index contributed by atoms with van der Waals surface area (Å²) in [6.07, 6.45) is 1.22. The van der Waals surface area contributed by atoms with E-state index in [0.29, 0.717) is 5.02 Å². The van der Waals surface area contributed by atoms with Gasteiger partial charge in [0, 0.05) is 17.3 Å². The van der Waals surface area contributed by atoms with E-state index in [4.69, 9.17) is 23.2 Å². The van der Waals surface area contributed by atoms with Crippen LogP contribution in [0.3, 0.4) is 0 Å². The molecule has 4 rings (SSSR count). The number of urea groups is 1. The Hall–Kier alpha value is -2.91. The Morgan fingerprint density at radius 2 is 1.76 bits per heavy atom. The van der Waals surface area contributed by atoms with Crippen molar-refractivity contribution in [1.82, 2.24) is 20.1 Å². The van der Waals surface area contributed by atoms with Gasteiger partial charge in [0.2, 0.25) is 5.91 Å². The third-order valence-corrected chi connectivity index (χ3v) is 6.51. The highest BCUT2D eigenvalue weighted by Crippen LogP contribution is 2.41. The summed E-state index contributed by atoms with van der Waals surface area (Å²) in [4.78, 5) is 47.8. The Kier molecular flexibility index (Phi) is 6.44. The minimum Gasteiger partial charge on any atom is -0.336 e. The molecule has 1 spiro atoms. The molecule has 1 N–H and O–H groups in total. The minimum atomic E-state index is -1.36. The van der Waals surface area contributed by atoms with Crippen molar-refractivity contribution in [3.63, 3.8) is 0 Å². The average Bonchev–Trinajstić information content (AvgIpc) is 2.73. The SMILES string of the molecule is CC(C)NC(=O)N1CC2(C1)C(=O)N(c1ncc(Cl)cc1F)CC(=O)N2[C@@H](C)c1ccc(Cl)cc1. The predicted octanol–water partition coefficient (Wildman–Crippen LogP) is 3.64. The van der Waals surface area contributed by atoms with Crippen molar-refractivity contribution in [2.24, 2.45) is 0 Å². The van der Waals surface area contributed by atoms with Gasteiger partial charge in [0.1, 0.15) is 6.54 Å². The van der Waals surface area contributed by atoms with Crippen LogP contribution >= 0.6 is 23.2 Å². The lowest BCUT2D eigenvalue weighted by Crippen LogP contribution is -2.82. The highest BCUT2D eigenvalue weighted by molar-refractivity contribution is 6.30. The molecule has 3 heterocycles. The number of halogens is 3. The lowest BCUT2D eigenvalue weighted by Gasteiger charge is -2.59. The first kappa shape index (κ1) is 24.2. The van der Waals surface area contributed by atoms with Gasteiger partial charge in [0.25, 0.3) is 5.91 Å². The first-order valence-electron chi connectivity index (χ1n) is 10.8. The van der Waals surface area contributed by atoms with Crippen LogP contribution in [0.1, 0.15) is 32.4 Å². The molecule has 34 heavy (non-hydrogen) atoms. The first-order valence-corrected chi connectivity index (χ1v) is 11.5. The second-order valence-electron chi connectivity index (χ2n) is 8.83. The molecule has 2 saturated heterocycles. The molecule has 180 valence electrons. The maximum atomic E-state index is 14.7. The summed E-state index contributed by atoms with van der Waals surface area (Å²) < 4.78 is 14.7. The number of nitrogens with one attached hydrogen (secondary N) is 1. The molecule has 8 nitrogen and oxygen atoms in total. The topological polar surface area (TPSA) is 85.9 Å². The highest BCUT2D eigenvalue weighted by atomic mass is 35.5. The summed E-state index contributed by atoms with van der Waals surface area (Å²) in [5.74, 6) is -1.97. The summed E-state index contributed by atoms with van der Waals surface area (Å²) in [6.45, 7) is 5.02. The normalized spacial score (nSPS) is 18.4. The Morgan fingerprint density at radius 3 is 2.35 bits per heavy atom. The zero-order valence-corrected chi connectivity index (χ0v) is 20.4. The molecular formula is C23H24Cl2FN5O3. The van der Waals surface area contributed by atoms with E-state index in [0.717, 1.165) is 16.5 Å². The molecule has 11 heteroatoms. The number of piperazine rings is 1. The van der Waals surface area contributed by atoms with Crippen molar-refractivity contribution in [3.8, 4) is 0 Å². The van der Waals surface area contributed by atoms with Crippen molar-refractivity contribution in [1.29, 1.82) is 0 Å². The van der Waals surface area contributed by atoms with E-state index in [9.17, 15) is 18.8 Å².